The van der Waals surface area contributed by atoms with Crippen molar-refractivity contribution in [3.8, 4) is 0 Å². The third kappa shape index (κ3) is 1.38. The summed E-state index contributed by atoms with van der Waals surface area (Å²) in [5.41, 5.74) is 3.03. The molecular weight excluding hydrogens is 370 g/mol. The van der Waals surface area contributed by atoms with E-state index in [1.165, 1.54) is 15.5 Å². The van der Waals surface area contributed by atoms with E-state index in [4.69, 9.17) is 0 Å². The van der Waals surface area contributed by atoms with Gasteiger partial charge in [0.15, 0.2) is 0 Å². The third-order valence-electron chi connectivity index (χ3n) is 2.23. The van der Waals surface area contributed by atoms with Gasteiger partial charge in [-0.2, -0.15) is 0 Å². The monoisotopic (exact) mass is 378 g/mol. The molecule has 0 N–H and O–H groups in total. The van der Waals surface area contributed by atoms with Crippen molar-refractivity contribution in [1.29, 1.82) is 0 Å². The summed E-state index contributed by atoms with van der Waals surface area (Å²) < 4.78 is 1.26. The van der Waals surface area contributed by atoms with Crippen LogP contribution in [0.1, 0.15) is 0 Å². The van der Waals surface area contributed by atoms with Gasteiger partial charge in [-0.15, -0.1) is 11.3 Å². The SMILES string of the molecule is [Ir].c1ccc2c(c1)ccc1scnc12. The molecule has 0 saturated carbocycles. The van der Waals surface area contributed by atoms with Crippen molar-refractivity contribution in [3.63, 3.8) is 0 Å². The van der Waals surface area contributed by atoms with E-state index < -0.39 is 0 Å². The van der Waals surface area contributed by atoms with Gasteiger partial charge in [-0.05, 0) is 11.5 Å². The van der Waals surface area contributed by atoms with Crippen molar-refractivity contribution >= 4 is 32.3 Å². The molecule has 3 heteroatoms. The Morgan fingerprint density at radius 3 is 2.79 bits per heavy atom. The molecule has 2 aromatic carbocycles. The first-order valence-corrected chi connectivity index (χ1v) is 5.04. The molecule has 0 saturated heterocycles. The minimum absolute atomic E-state index is 0. The summed E-state index contributed by atoms with van der Waals surface area (Å²) in [5, 5.41) is 2.52. The summed E-state index contributed by atoms with van der Waals surface area (Å²) >= 11 is 1.69. The van der Waals surface area contributed by atoms with Crippen molar-refractivity contribution < 1.29 is 20.1 Å². The van der Waals surface area contributed by atoms with Crippen molar-refractivity contribution in [2.24, 2.45) is 0 Å². The average Bonchev–Trinajstić information content (AvgIpc) is 2.65. The molecule has 1 nitrogen and oxygen atoms in total. The van der Waals surface area contributed by atoms with Crippen LogP contribution in [0.15, 0.2) is 41.9 Å². The predicted octanol–water partition coefficient (Wildman–Crippen LogP) is 3.45. The molecule has 0 aliphatic heterocycles. The van der Waals surface area contributed by atoms with Gasteiger partial charge in [0.2, 0.25) is 0 Å². The Morgan fingerprint density at radius 2 is 1.86 bits per heavy atom. The van der Waals surface area contributed by atoms with Gasteiger partial charge in [0.05, 0.1) is 15.7 Å². The summed E-state index contributed by atoms with van der Waals surface area (Å²) in [6, 6.07) is 12.6. The number of fused-ring (bicyclic) bond motifs is 3. The smallest absolute Gasteiger partial charge is 0.0890 e. The van der Waals surface area contributed by atoms with Crippen LogP contribution in [0, 0.1) is 0 Å². The molecule has 0 fully saturated rings. The van der Waals surface area contributed by atoms with Crippen LogP contribution in [0.2, 0.25) is 0 Å². The molecule has 0 atom stereocenters. The largest absolute Gasteiger partial charge is 0.244 e. The van der Waals surface area contributed by atoms with Crippen LogP contribution in [0.3, 0.4) is 0 Å². The zero-order chi connectivity index (χ0) is 8.67. The maximum absolute atomic E-state index is 4.37. The van der Waals surface area contributed by atoms with Crippen molar-refractivity contribution in [2.75, 3.05) is 0 Å². The van der Waals surface area contributed by atoms with Crippen LogP contribution in [0.25, 0.3) is 21.0 Å². The van der Waals surface area contributed by atoms with E-state index in [0.29, 0.717) is 0 Å². The summed E-state index contributed by atoms with van der Waals surface area (Å²) in [5.74, 6) is 0. The van der Waals surface area contributed by atoms with Crippen molar-refractivity contribution in [2.45, 2.75) is 0 Å². The molecule has 1 aromatic heterocycles. The first-order chi connectivity index (χ1) is 6.45. The van der Waals surface area contributed by atoms with Crippen molar-refractivity contribution in [1.82, 2.24) is 4.98 Å². The molecule has 0 spiro atoms. The van der Waals surface area contributed by atoms with Crippen molar-refractivity contribution in [3.05, 3.63) is 41.9 Å². The Morgan fingerprint density at radius 1 is 1.00 bits per heavy atom. The molecule has 1 heterocycles. The average molecular weight is 377 g/mol. The molecule has 0 amide bonds. The van der Waals surface area contributed by atoms with Crippen LogP contribution in [-0.4, -0.2) is 4.98 Å². The molecule has 0 unspecified atom stereocenters. The zero-order valence-corrected chi connectivity index (χ0v) is 10.4. The van der Waals surface area contributed by atoms with Crippen LogP contribution >= 0.6 is 11.3 Å². The van der Waals surface area contributed by atoms with Gasteiger partial charge in [-0.1, -0.05) is 30.3 Å². The van der Waals surface area contributed by atoms with Crippen LogP contribution in [0.4, 0.5) is 0 Å². The molecule has 3 rings (SSSR count). The Balaban J connectivity index is 0.000000750. The molecule has 0 bridgehead atoms. The topological polar surface area (TPSA) is 12.9 Å². The Kier molecular flexibility index (Phi) is 2.64. The second kappa shape index (κ2) is 3.77. The van der Waals surface area contributed by atoms with Gasteiger partial charge in [-0.25, -0.2) is 4.98 Å². The third-order valence-corrected chi connectivity index (χ3v) is 3.02. The molecule has 3 aromatic rings. The normalized spacial score (nSPS) is 10.3. The fraction of sp³-hybridized carbons (Fsp3) is 0. The second-order valence-electron chi connectivity index (χ2n) is 2.99. The summed E-state index contributed by atoms with van der Waals surface area (Å²) in [4.78, 5) is 4.37. The van der Waals surface area contributed by atoms with E-state index in [2.05, 4.69) is 41.4 Å². The molecule has 71 valence electrons. The van der Waals surface area contributed by atoms with Gasteiger partial charge in [0.1, 0.15) is 0 Å². The number of thiazole rings is 1. The Labute approximate surface area is 99.1 Å². The number of hydrogen-bond acceptors (Lipinski definition) is 2. The van der Waals surface area contributed by atoms with E-state index >= 15 is 0 Å². The summed E-state index contributed by atoms with van der Waals surface area (Å²) in [6.07, 6.45) is 0. The van der Waals surface area contributed by atoms with E-state index in [0.717, 1.165) is 5.52 Å². The van der Waals surface area contributed by atoms with Gasteiger partial charge >= 0.3 is 0 Å². The summed E-state index contributed by atoms with van der Waals surface area (Å²) in [6.45, 7) is 0. The number of nitrogens with zero attached hydrogens (tertiary/aromatic N) is 1. The minimum Gasteiger partial charge on any atom is -0.244 e. The first-order valence-electron chi connectivity index (χ1n) is 4.16. The first kappa shape index (κ1) is 9.78. The van der Waals surface area contributed by atoms with Gasteiger partial charge in [0.25, 0.3) is 0 Å². The van der Waals surface area contributed by atoms with E-state index in [1.807, 2.05) is 5.51 Å². The summed E-state index contributed by atoms with van der Waals surface area (Å²) in [7, 11) is 0. The van der Waals surface area contributed by atoms with Crippen LogP contribution in [0.5, 0.6) is 0 Å². The predicted molar refractivity (Wildman–Crippen MR) is 57.1 cm³/mol. The molecule has 0 aliphatic rings. The maximum atomic E-state index is 4.37. The number of rotatable bonds is 0. The molecule has 1 radical (unpaired) electrons. The maximum Gasteiger partial charge on any atom is 0.0890 e. The zero-order valence-electron chi connectivity index (χ0n) is 7.23. The standard InChI is InChI=1S/C11H7NS.Ir/c1-2-4-9-8(3-1)5-6-10-11(9)12-7-13-10;/h1-7H;. The Bertz CT molecular complexity index is 573. The van der Waals surface area contributed by atoms with Gasteiger partial charge in [-0.3, -0.25) is 0 Å². The fourth-order valence-corrected chi connectivity index (χ4v) is 2.29. The molecule has 14 heavy (non-hydrogen) atoms. The number of hydrogen-bond donors (Lipinski definition) is 0. The van der Waals surface area contributed by atoms with E-state index in [1.54, 1.807) is 11.3 Å². The van der Waals surface area contributed by atoms with E-state index in [-0.39, 0.29) is 20.1 Å². The quantitative estimate of drug-likeness (QED) is 0.585. The minimum atomic E-state index is 0. The Hall–Kier alpha value is -0.761. The molecule has 0 aliphatic carbocycles. The number of benzene rings is 2. The van der Waals surface area contributed by atoms with Gasteiger partial charge < -0.3 is 0 Å². The fourth-order valence-electron chi connectivity index (χ4n) is 1.60. The second-order valence-corrected chi connectivity index (χ2v) is 3.87. The van der Waals surface area contributed by atoms with Gasteiger partial charge in [0, 0.05) is 25.5 Å². The van der Waals surface area contributed by atoms with Crippen LogP contribution in [-0.2, 0) is 20.1 Å². The molecular formula is C11H7IrNS. The number of aromatic nitrogens is 1. The van der Waals surface area contributed by atoms with E-state index in [9.17, 15) is 0 Å². The van der Waals surface area contributed by atoms with Crippen LogP contribution < -0.4 is 0 Å².